The van der Waals surface area contributed by atoms with Crippen LogP contribution in [0.2, 0.25) is 0 Å². The van der Waals surface area contributed by atoms with Gasteiger partial charge in [-0.2, -0.15) is 0 Å². The van der Waals surface area contributed by atoms with Gasteiger partial charge in [-0.1, -0.05) is 0 Å². The maximum absolute atomic E-state index is 6.04. The lowest BCUT2D eigenvalue weighted by Crippen LogP contribution is -1.89. The highest BCUT2D eigenvalue weighted by molar-refractivity contribution is 7.16. The van der Waals surface area contributed by atoms with E-state index in [-0.39, 0.29) is 0 Å². The number of aromatic nitrogens is 3. The molecule has 0 saturated heterocycles. The molecule has 0 bridgehead atoms. The van der Waals surface area contributed by atoms with Gasteiger partial charge in [-0.15, -0.1) is 11.3 Å². The van der Waals surface area contributed by atoms with E-state index in [2.05, 4.69) is 21.9 Å². The summed E-state index contributed by atoms with van der Waals surface area (Å²) in [6.45, 7) is 4.10. The molecule has 3 aromatic heterocycles. The summed E-state index contributed by atoms with van der Waals surface area (Å²) in [6, 6.07) is 3.62. The van der Waals surface area contributed by atoms with E-state index in [1.807, 2.05) is 13.0 Å². The zero-order valence-electron chi connectivity index (χ0n) is 10.1. The number of H-pyrrole nitrogens is 1. The Morgan fingerprint density at radius 3 is 2.61 bits per heavy atom. The average Bonchev–Trinajstić information content (AvgIpc) is 2.80. The number of imidazole rings is 1. The molecule has 0 saturated carbocycles. The van der Waals surface area contributed by atoms with Crippen LogP contribution in [0.5, 0.6) is 0 Å². The highest BCUT2D eigenvalue weighted by Crippen LogP contribution is 2.37. The summed E-state index contributed by atoms with van der Waals surface area (Å²) in [7, 11) is 0. The van der Waals surface area contributed by atoms with E-state index in [0.29, 0.717) is 11.5 Å². The quantitative estimate of drug-likeness (QED) is 0.625. The minimum atomic E-state index is 0.465. The standard InChI is InChI=1S/C12H13N5S/c1-5-6(2)18-10(14)9(5)12-15-7-3-4-8(13)16-11(7)17-12/h3-4H,14H2,1-2H3,(H3,13,15,16,17). The van der Waals surface area contributed by atoms with Gasteiger partial charge in [0.15, 0.2) is 5.65 Å². The number of hydrogen-bond acceptors (Lipinski definition) is 5. The average molecular weight is 259 g/mol. The van der Waals surface area contributed by atoms with Crippen molar-refractivity contribution in [2.75, 3.05) is 11.5 Å². The Kier molecular flexibility index (Phi) is 2.27. The second-order valence-electron chi connectivity index (χ2n) is 4.22. The van der Waals surface area contributed by atoms with Crippen molar-refractivity contribution in [2.45, 2.75) is 13.8 Å². The molecule has 0 unspecified atom stereocenters. The molecule has 3 heterocycles. The van der Waals surface area contributed by atoms with Crippen LogP contribution in [0.25, 0.3) is 22.6 Å². The third-order valence-electron chi connectivity index (χ3n) is 3.02. The summed E-state index contributed by atoms with van der Waals surface area (Å²) in [6.07, 6.45) is 0. The van der Waals surface area contributed by atoms with Crippen molar-refractivity contribution in [1.29, 1.82) is 0 Å². The van der Waals surface area contributed by atoms with E-state index >= 15 is 0 Å². The minimum absolute atomic E-state index is 0.465. The number of rotatable bonds is 1. The second kappa shape index (κ2) is 3.71. The Labute approximate surface area is 108 Å². The molecule has 0 atom stereocenters. The number of fused-ring (bicyclic) bond motifs is 1. The van der Waals surface area contributed by atoms with Gasteiger partial charge < -0.3 is 16.5 Å². The first-order chi connectivity index (χ1) is 8.56. The maximum Gasteiger partial charge on any atom is 0.180 e. The van der Waals surface area contributed by atoms with Gasteiger partial charge in [0.25, 0.3) is 0 Å². The number of aromatic amines is 1. The Hall–Kier alpha value is -2.08. The van der Waals surface area contributed by atoms with Gasteiger partial charge in [0.1, 0.15) is 11.6 Å². The van der Waals surface area contributed by atoms with Crippen LogP contribution in [-0.4, -0.2) is 15.0 Å². The van der Waals surface area contributed by atoms with Crippen LogP contribution < -0.4 is 11.5 Å². The van der Waals surface area contributed by atoms with Crippen LogP contribution in [0.3, 0.4) is 0 Å². The van der Waals surface area contributed by atoms with E-state index in [1.54, 1.807) is 17.4 Å². The lowest BCUT2D eigenvalue weighted by molar-refractivity contribution is 1.29. The number of anilines is 2. The van der Waals surface area contributed by atoms with Crippen molar-refractivity contribution in [3.63, 3.8) is 0 Å². The predicted octanol–water partition coefficient (Wildman–Crippen LogP) is 2.47. The van der Waals surface area contributed by atoms with E-state index < -0.39 is 0 Å². The molecular weight excluding hydrogens is 246 g/mol. The van der Waals surface area contributed by atoms with Gasteiger partial charge in [0.05, 0.1) is 16.1 Å². The molecule has 18 heavy (non-hydrogen) atoms. The molecule has 0 fully saturated rings. The summed E-state index contributed by atoms with van der Waals surface area (Å²) in [4.78, 5) is 13.1. The van der Waals surface area contributed by atoms with Crippen LogP contribution >= 0.6 is 11.3 Å². The molecule has 0 radical (unpaired) electrons. The van der Waals surface area contributed by atoms with Crippen molar-refractivity contribution in [3.05, 3.63) is 22.6 Å². The van der Waals surface area contributed by atoms with Gasteiger partial charge >= 0.3 is 0 Å². The summed E-state index contributed by atoms with van der Waals surface area (Å²) in [5, 5.41) is 0.775. The molecule has 0 aliphatic carbocycles. The molecule has 3 rings (SSSR count). The molecule has 92 valence electrons. The lowest BCUT2D eigenvalue weighted by Gasteiger charge is -1.96. The molecule has 0 amide bonds. The number of nitrogens with zero attached hydrogens (tertiary/aromatic N) is 2. The number of nitrogens with one attached hydrogen (secondary N) is 1. The van der Waals surface area contributed by atoms with E-state index in [4.69, 9.17) is 11.5 Å². The Balaban J connectivity index is 2.25. The fourth-order valence-electron chi connectivity index (χ4n) is 1.97. The molecule has 3 aromatic rings. The monoisotopic (exact) mass is 259 g/mol. The van der Waals surface area contributed by atoms with Crippen molar-refractivity contribution in [3.8, 4) is 11.4 Å². The Morgan fingerprint density at radius 2 is 1.94 bits per heavy atom. The van der Waals surface area contributed by atoms with Crippen molar-refractivity contribution < 1.29 is 0 Å². The Morgan fingerprint density at radius 1 is 1.17 bits per heavy atom. The Bertz CT molecular complexity index is 740. The maximum atomic E-state index is 6.04. The van der Waals surface area contributed by atoms with Crippen LogP contribution in [0.4, 0.5) is 10.8 Å². The largest absolute Gasteiger partial charge is 0.390 e. The van der Waals surface area contributed by atoms with Gasteiger partial charge in [-0.05, 0) is 31.5 Å². The van der Waals surface area contributed by atoms with Crippen LogP contribution in [0.1, 0.15) is 10.4 Å². The van der Waals surface area contributed by atoms with E-state index in [9.17, 15) is 0 Å². The summed E-state index contributed by atoms with van der Waals surface area (Å²) < 4.78 is 0. The van der Waals surface area contributed by atoms with Gasteiger partial charge in [0.2, 0.25) is 0 Å². The van der Waals surface area contributed by atoms with E-state index in [0.717, 1.165) is 27.5 Å². The van der Waals surface area contributed by atoms with Gasteiger partial charge in [0, 0.05) is 4.88 Å². The number of hydrogen-bond donors (Lipinski definition) is 3. The highest BCUT2D eigenvalue weighted by Gasteiger charge is 2.16. The summed E-state index contributed by atoms with van der Waals surface area (Å²) in [5.41, 5.74) is 15.3. The van der Waals surface area contributed by atoms with Gasteiger partial charge in [-0.3, -0.25) is 0 Å². The van der Waals surface area contributed by atoms with Crippen molar-refractivity contribution in [1.82, 2.24) is 15.0 Å². The zero-order chi connectivity index (χ0) is 12.9. The molecule has 6 heteroatoms. The number of aryl methyl sites for hydroxylation is 1. The summed E-state index contributed by atoms with van der Waals surface area (Å²) in [5.74, 6) is 1.22. The smallest absolute Gasteiger partial charge is 0.180 e. The van der Waals surface area contributed by atoms with Crippen molar-refractivity contribution in [2.24, 2.45) is 0 Å². The number of thiophene rings is 1. The first-order valence-electron chi connectivity index (χ1n) is 5.54. The number of nitrogen functional groups attached to an aromatic ring is 2. The molecule has 0 aromatic carbocycles. The number of nitrogens with two attached hydrogens (primary N) is 2. The zero-order valence-corrected chi connectivity index (χ0v) is 10.9. The minimum Gasteiger partial charge on any atom is -0.390 e. The second-order valence-corrected chi connectivity index (χ2v) is 5.47. The van der Waals surface area contributed by atoms with Crippen LogP contribution in [-0.2, 0) is 0 Å². The van der Waals surface area contributed by atoms with E-state index in [1.165, 1.54) is 4.88 Å². The first kappa shape index (κ1) is 11.0. The summed E-state index contributed by atoms with van der Waals surface area (Å²) >= 11 is 1.58. The third-order valence-corrected chi connectivity index (χ3v) is 4.05. The predicted molar refractivity (Wildman–Crippen MR) is 75.5 cm³/mol. The van der Waals surface area contributed by atoms with Crippen LogP contribution in [0, 0.1) is 13.8 Å². The molecule has 0 aliphatic rings. The molecular formula is C12H13N5S. The normalized spacial score (nSPS) is 11.2. The van der Waals surface area contributed by atoms with Crippen LogP contribution in [0.15, 0.2) is 12.1 Å². The fraction of sp³-hybridized carbons (Fsp3) is 0.167. The number of pyridine rings is 1. The SMILES string of the molecule is Cc1sc(N)c(-c2nc3nc(N)ccc3[nH]2)c1C. The topological polar surface area (TPSA) is 93.6 Å². The fourth-order valence-corrected chi connectivity index (χ4v) is 2.91. The third kappa shape index (κ3) is 1.53. The first-order valence-corrected chi connectivity index (χ1v) is 6.36. The highest BCUT2D eigenvalue weighted by atomic mass is 32.1. The van der Waals surface area contributed by atoms with Gasteiger partial charge in [-0.25, -0.2) is 9.97 Å². The lowest BCUT2D eigenvalue weighted by atomic mass is 10.1. The van der Waals surface area contributed by atoms with Crippen molar-refractivity contribution >= 4 is 33.3 Å². The molecule has 0 aliphatic heterocycles. The molecule has 0 spiro atoms. The molecule has 5 N–H and O–H groups in total. The molecule has 5 nitrogen and oxygen atoms in total.